The number of hydrogen-bond acceptors (Lipinski definition) is 5. The molecular formula is C11H18N4O. The largest absolute Gasteiger partial charge is 0.339 e. The molecule has 0 aliphatic carbocycles. The van der Waals surface area contributed by atoms with Gasteiger partial charge in [0, 0.05) is 19.0 Å². The zero-order valence-electron chi connectivity index (χ0n) is 9.43. The minimum absolute atomic E-state index is 0.448. The van der Waals surface area contributed by atoms with E-state index in [1.165, 1.54) is 25.8 Å². The summed E-state index contributed by atoms with van der Waals surface area (Å²) >= 11 is 0. The van der Waals surface area contributed by atoms with Gasteiger partial charge >= 0.3 is 0 Å². The van der Waals surface area contributed by atoms with Gasteiger partial charge in [-0.15, -0.1) is 0 Å². The fourth-order valence-electron chi connectivity index (χ4n) is 2.93. The van der Waals surface area contributed by atoms with Gasteiger partial charge < -0.3 is 10.3 Å². The van der Waals surface area contributed by atoms with Crippen LogP contribution in [0.25, 0.3) is 0 Å². The van der Waals surface area contributed by atoms with Crippen molar-refractivity contribution in [1.82, 2.24) is 15.0 Å². The smallest absolute Gasteiger partial charge is 0.231 e. The summed E-state index contributed by atoms with van der Waals surface area (Å²) in [7, 11) is 0. The van der Waals surface area contributed by atoms with Crippen LogP contribution in [0.15, 0.2) is 4.52 Å². The molecule has 88 valence electrons. The summed E-state index contributed by atoms with van der Waals surface area (Å²) in [4.78, 5) is 6.98. The third kappa shape index (κ3) is 1.74. The van der Waals surface area contributed by atoms with E-state index in [0.29, 0.717) is 18.9 Å². The summed E-state index contributed by atoms with van der Waals surface area (Å²) < 4.78 is 5.32. The number of hydrogen-bond donors (Lipinski definition) is 1. The second-order valence-corrected chi connectivity index (χ2v) is 4.81. The van der Waals surface area contributed by atoms with Crippen molar-refractivity contribution in [2.45, 2.75) is 37.6 Å². The van der Waals surface area contributed by atoms with E-state index in [2.05, 4.69) is 15.0 Å². The van der Waals surface area contributed by atoms with Crippen molar-refractivity contribution in [2.75, 3.05) is 19.6 Å². The molecular weight excluding hydrogens is 204 g/mol. The maximum atomic E-state index is 5.47. The molecule has 0 aromatic carbocycles. The van der Waals surface area contributed by atoms with Gasteiger partial charge in [0.05, 0.1) is 5.92 Å². The highest BCUT2D eigenvalue weighted by Crippen LogP contribution is 2.36. The molecule has 5 heteroatoms. The molecule has 3 rings (SSSR count). The topological polar surface area (TPSA) is 68.2 Å². The molecule has 0 saturated carbocycles. The molecule has 2 saturated heterocycles. The van der Waals surface area contributed by atoms with E-state index in [0.717, 1.165) is 24.3 Å². The molecule has 2 aliphatic rings. The average molecular weight is 222 g/mol. The van der Waals surface area contributed by atoms with E-state index >= 15 is 0 Å². The summed E-state index contributed by atoms with van der Waals surface area (Å²) in [6, 6.07) is 0.759. The minimum Gasteiger partial charge on any atom is -0.339 e. The Morgan fingerprint density at radius 1 is 1.50 bits per heavy atom. The van der Waals surface area contributed by atoms with E-state index in [4.69, 9.17) is 10.3 Å². The van der Waals surface area contributed by atoms with Gasteiger partial charge in [-0.25, -0.2) is 0 Å². The standard InChI is InChI=1S/C11H18N4O/c12-4-3-10-13-11(16-14-10)8-6-9-2-1-5-15(9)7-8/h8-9H,1-7,12H2. The van der Waals surface area contributed by atoms with E-state index in [1.807, 2.05) is 0 Å². The van der Waals surface area contributed by atoms with Crippen LogP contribution in [0.3, 0.4) is 0 Å². The summed E-state index contributed by atoms with van der Waals surface area (Å²) in [5.74, 6) is 2.02. The molecule has 2 fully saturated rings. The number of fused-ring (bicyclic) bond motifs is 1. The highest BCUT2D eigenvalue weighted by atomic mass is 16.5. The van der Waals surface area contributed by atoms with Gasteiger partial charge in [0.15, 0.2) is 5.82 Å². The maximum Gasteiger partial charge on any atom is 0.231 e. The maximum absolute atomic E-state index is 5.47. The lowest BCUT2D eigenvalue weighted by Gasteiger charge is -2.12. The summed E-state index contributed by atoms with van der Waals surface area (Å²) in [6.45, 7) is 2.91. The second kappa shape index (κ2) is 4.14. The Labute approximate surface area is 95.0 Å². The van der Waals surface area contributed by atoms with Crippen LogP contribution in [0.2, 0.25) is 0 Å². The van der Waals surface area contributed by atoms with Crippen LogP contribution in [0.5, 0.6) is 0 Å². The molecule has 2 atom stereocenters. The Morgan fingerprint density at radius 3 is 3.25 bits per heavy atom. The lowest BCUT2D eigenvalue weighted by molar-refractivity contribution is 0.312. The van der Waals surface area contributed by atoms with Gasteiger partial charge in [-0.2, -0.15) is 4.98 Å². The zero-order valence-corrected chi connectivity index (χ0v) is 9.43. The average Bonchev–Trinajstić information content (AvgIpc) is 2.88. The molecule has 3 heterocycles. The van der Waals surface area contributed by atoms with E-state index in [-0.39, 0.29) is 0 Å². The first-order valence-corrected chi connectivity index (χ1v) is 6.13. The minimum atomic E-state index is 0.448. The SMILES string of the molecule is NCCc1noc(C2CC3CCCN3C2)n1. The Balaban J connectivity index is 1.68. The molecule has 0 spiro atoms. The van der Waals surface area contributed by atoms with Crippen molar-refractivity contribution in [1.29, 1.82) is 0 Å². The molecule has 0 radical (unpaired) electrons. The van der Waals surface area contributed by atoms with Crippen molar-refractivity contribution >= 4 is 0 Å². The van der Waals surface area contributed by atoms with Crippen molar-refractivity contribution in [3.8, 4) is 0 Å². The van der Waals surface area contributed by atoms with Crippen LogP contribution >= 0.6 is 0 Å². The lowest BCUT2D eigenvalue weighted by Crippen LogP contribution is -2.22. The van der Waals surface area contributed by atoms with Crippen molar-refractivity contribution in [3.63, 3.8) is 0 Å². The van der Waals surface area contributed by atoms with Crippen molar-refractivity contribution in [2.24, 2.45) is 5.73 Å². The zero-order chi connectivity index (χ0) is 11.0. The lowest BCUT2D eigenvalue weighted by atomic mass is 10.0. The molecule has 2 unspecified atom stereocenters. The predicted molar refractivity (Wildman–Crippen MR) is 59.0 cm³/mol. The summed E-state index contributed by atoms with van der Waals surface area (Å²) in [5.41, 5.74) is 5.47. The van der Waals surface area contributed by atoms with Gasteiger partial charge in [-0.05, 0) is 32.4 Å². The van der Waals surface area contributed by atoms with Gasteiger partial charge in [0.25, 0.3) is 0 Å². The second-order valence-electron chi connectivity index (χ2n) is 4.81. The third-order valence-electron chi connectivity index (χ3n) is 3.71. The van der Waals surface area contributed by atoms with Crippen LogP contribution in [0.1, 0.15) is 36.9 Å². The van der Waals surface area contributed by atoms with Crippen LogP contribution in [0.4, 0.5) is 0 Å². The molecule has 0 amide bonds. The van der Waals surface area contributed by atoms with E-state index in [1.54, 1.807) is 0 Å². The number of nitrogens with zero attached hydrogens (tertiary/aromatic N) is 3. The quantitative estimate of drug-likeness (QED) is 0.807. The Bertz CT molecular complexity index is 353. The monoisotopic (exact) mass is 222 g/mol. The molecule has 5 nitrogen and oxygen atoms in total. The molecule has 1 aromatic rings. The number of nitrogens with two attached hydrogens (primary N) is 1. The Morgan fingerprint density at radius 2 is 2.44 bits per heavy atom. The first-order valence-electron chi connectivity index (χ1n) is 6.13. The molecule has 0 bridgehead atoms. The van der Waals surface area contributed by atoms with Crippen LogP contribution in [-0.2, 0) is 6.42 Å². The van der Waals surface area contributed by atoms with E-state index < -0.39 is 0 Å². The van der Waals surface area contributed by atoms with Crippen LogP contribution < -0.4 is 5.73 Å². The fourth-order valence-corrected chi connectivity index (χ4v) is 2.93. The normalized spacial score (nSPS) is 29.8. The van der Waals surface area contributed by atoms with Crippen LogP contribution in [-0.4, -0.2) is 40.7 Å². The van der Waals surface area contributed by atoms with Crippen molar-refractivity contribution in [3.05, 3.63) is 11.7 Å². The van der Waals surface area contributed by atoms with E-state index in [9.17, 15) is 0 Å². The molecule has 2 aliphatic heterocycles. The third-order valence-corrected chi connectivity index (χ3v) is 3.71. The molecule has 2 N–H and O–H groups in total. The van der Waals surface area contributed by atoms with Gasteiger partial charge in [-0.3, -0.25) is 4.90 Å². The van der Waals surface area contributed by atoms with Crippen LogP contribution in [0, 0.1) is 0 Å². The fraction of sp³-hybridized carbons (Fsp3) is 0.818. The first-order chi connectivity index (χ1) is 7.86. The van der Waals surface area contributed by atoms with Gasteiger partial charge in [-0.1, -0.05) is 5.16 Å². The summed E-state index contributed by atoms with van der Waals surface area (Å²) in [5, 5.41) is 3.96. The first kappa shape index (κ1) is 10.2. The summed E-state index contributed by atoms with van der Waals surface area (Å²) in [6.07, 6.45) is 4.58. The number of rotatable bonds is 3. The highest BCUT2D eigenvalue weighted by molar-refractivity contribution is 5.03. The molecule has 16 heavy (non-hydrogen) atoms. The Kier molecular flexibility index (Phi) is 2.65. The Hall–Kier alpha value is -0.940. The number of aromatic nitrogens is 2. The highest BCUT2D eigenvalue weighted by Gasteiger charge is 2.38. The van der Waals surface area contributed by atoms with Crippen molar-refractivity contribution < 1.29 is 4.52 Å². The van der Waals surface area contributed by atoms with Gasteiger partial charge in [0.1, 0.15) is 0 Å². The van der Waals surface area contributed by atoms with Gasteiger partial charge in [0.2, 0.25) is 5.89 Å². The predicted octanol–water partition coefficient (Wildman–Crippen LogP) is 0.522. The molecule has 1 aromatic heterocycles.